The van der Waals surface area contributed by atoms with Gasteiger partial charge in [0.15, 0.2) is 17.5 Å². The summed E-state index contributed by atoms with van der Waals surface area (Å²) in [6.07, 6.45) is 0.561. The normalized spacial score (nSPS) is 19.7. The fourth-order valence-electron chi connectivity index (χ4n) is 3.69. The largest absolute Gasteiger partial charge is 0.493 e. The van der Waals surface area contributed by atoms with Crippen molar-refractivity contribution in [2.45, 2.75) is 24.9 Å². The number of piperidine rings is 1. The molecule has 2 aliphatic heterocycles. The van der Waals surface area contributed by atoms with E-state index in [2.05, 4.69) is 15.9 Å². The minimum absolute atomic E-state index is 0.0107. The molecule has 1 unspecified atom stereocenters. The average Bonchev–Trinajstić information content (AvgIpc) is 3.13. The maximum Gasteiger partial charge on any atom is 0.410 e. The zero-order valence-corrected chi connectivity index (χ0v) is 18.1. The van der Waals surface area contributed by atoms with Crippen LogP contribution in [0.4, 0.5) is 4.79 Å². The van der Waals surface area contributed by atoms with Crippen LogP contribution in [0.5, 0.6) is 11.5 Å². The lowest BCUT2D eigenvalue weighted by atomic mass is 10.0. The van der Waals surface area contributed by atoms with Crippen LogP contribution in [0.1, 0.15) is 23.2 Å². The molecule has 0 N–H and O–H groups in total. The van der Waals surface area contributed by atoms with E-state index in [9.17, 15) is 14.4 Å². The monoisotopic (exact) mass is 470 g/mol. The Morgan fingerprint density at radius 3 is 2.31 bits per heavy atom. The van der Waals surface area contributed by atoms with Gasteiger partial charge in [0.1, 0.15) is 6.61 Å². The number of benzene rings is 1. The summed E-state index contributed by atoms with van der Waals surface area (Å²) in [7, 11) is 4.32. The molecule has 1 aromatic rings. The second-order valence-corrected chi connectivity index (χ2v) is 7.59. The Morgan fingerprint density at radius 2 is 1.72 bits per heavy atom. The van der Waals surface area contributed by atoms with Gasteiger partial charge in [0, 0.05) is 23.6 Å². The van der Waals surface area contributed by atoms with Crippen molar-refractivity contribution in [1.29, 1.82) is 0 Å². The van der Waals surface area contributed by atoms with Crippen molar-refractivity contribution in [3.05, 3.63) is 22.2 Å². The Bertz CT molecular complexity index is 808. The first kappa shape index (κ1) is 21.2. The Kier molecular flexibility index (Phi) is 6.51. The highest BCUT2D eigenvalue weighted by molar-refractivity contribution is 9.10. The first-order valence-electron chi connectivity index (χ1n) is 9.15. The van der Waals surface area contributed by atoms with Crippen LogP contribution in [0, 0.1) is 0 Å². The van der Waals surface area contributed by atoms with E-state index >= 15 is 0 Å². The van der Waals surface area contributed by atoms with Crippen LogP contribution in [0.15, 0.2) is 16.6 Å². The number of carbonyl (C=O) groups is 3. The molecule has 2 saturated heterocycles. The molecule has 2 fully saturated rings. The van der Waals surface area contributed by atoms with Crippen LogP contribution in [0.2, 0.25) is 0 Å². The summed E-state index contributed by atoms with van der Waals surface area (Å²) in [6.45, 7) is 0.882. The van der Waals surface area contributed by atoms with Crippen molar-refractivity contribution < 1.29 is 33.3 Å². The lowest BCUT2D eigenvalue weighted by molar-refractivity contribution is -0.145. The molecule has 29 heavy (non-hydrogen) atoms. The van der Waals surface area contributed by atoms with E-state index in [1.807, 2.05) is 0 Å². The number of esters is 1. The van der Waals surface area contributed by atoms with Crippen molar-refractivity contribution in [3.8, 4) is 11.5 Å². The number of carbonyl (C=O) groups excluding carboxylic acids is 3. The van der Waals surface area contributed by atoms with Crippen LogP contribution < -0.4 is 9.47 Å². The standard InChI is InChI=1S/C19H23BrN2O7/c1-26-15-8-12(13(20)9-16(15)27-2)17(23)21-6-4-11(5-7-21)22-14(18(24)28-3)10-29-19(22)25/h8-9,11,14H,4-7,10H2,1-3H3. The topological polar surface area (TPSA) is 94.6 Å². The number of methoxy groups -OCH3 is 3. The second kappa shape index (κ2) is 8.89. The summed E-state index contributed by atoms with van der Waals surface area (Å²) >= 11 is 3.42. The van der Waals surface area contributed by atoms with Gasteiger partial charge in [-0.15, -0.1) is 0 Å². The maximum absolute atomic E-state index is 13.0. The summed E-state index contributed by atoms with van der Waals surface area (Å²) in [4.78, 5) is 40.2. The van der Waals surface area contributed by atoms with E-state index in [1.165, 1.54) is 26.2 Å². The number of amides is 2. The van der Waals surface area contributed by atoms with E-state index in [0.717, 1.165) is 0 Å². The van der Waals surface area contributed by atoms with E-state index in [1.54, 1.807) is 17.0 Å². The number of halogens is 1. The molecule has 0 bridgehead atoms. The van der Waals surface area contributed by atoms with Gasteiger partial charge in [-0.1, -0.05) is 0 Å². The number of rotatable bonds is 5. The molecule has 9 nitrogen and oxygen atoms in total. The first-order chi connectivity index (χ1) is 13.9. The summed E-state index contributed by atoms with van der Waals surface area (Å²) in [6, 6.07) is 2.41. The highest BCUT2D eigenvalue weighted by Gasteiger charge is 2.44. The minimum atomic E-state index is -0.736. The highest BCUT2D eigenvalue weighted by atomic mass is 79.9. The van der Waals surface area contributed by atoms with E-state index in [0.29, 0.717) is 47.5 Å². The number of hydrogen-bond donors (Lipinski definition) is 0. The Balaban J connectivity index is 1.70. The molecule has 0 saturated carbocycles. The lowest BCUT2D eigenvalue weighted by Crippen LogP contribution is -2.52. The van der Waals surface area contributed by atoms with Crippen molar-refractivity contribution in [2.24, 2.45) is 0 Å². The Morgan fingerprint density at radius 1 is 1.10 bits per heavy atom. The average molecular weight is 471 g/mol. The molecule has 0 aromatic heterocycles. The van der Waals surface area contributed by atoms with Crippen molar-refractivity contribution in [1.82, 2.24) is 9.80 Å². The smallest absolute Gasteiger partial charge is 0.410 e. The zero-order valence-electron chi connectivity index (χ0n) is 16.5. The molecule has 10 heteroatoms. The van der Waals surface area contributed by atoms with Crippen LogP contribution in [0.3, 0.4) is 0 Å². The molecular weight excluding hydrogens is 448 g/mol. The minimum Gasteiger partial charge on any atom is -0.493 e. The van der Waals surface area contributed by atoms with E-state index in [4.69, 9.17) is 18.9 Å². The highest BCUT2D eigenvalue weighted by Crippen LogP contribution is 2.34. The van der Waals surface area contributed by atoms with E-state index in [-0.39, 0.29) is 18.6 Å². The maximum atomic E-state index is 13.0. The molecule has 2 heterocycles. The first-order valence-corrected chi connectivity index (χ1v) is 9.94. The Labute approximate surface area is 176 Å². The SMILES string of the molecule is COC(=O)C1COC(=O)N1C1CCN(C(=O)c2cc(OC)c(OC)cc2Br)CC1. The van der Waals surface area contributed by atoms with Crippen LogP contribution in [-0.2, 0) is 14.3 Å². The molecule has 2 amide bonds. The summed E-state index contributed by atoms with van der Waals surface area (Å²) in [5.74, 6) is 0.346. The van der Waals surface area contributed by atoms with Gasteiger partial charge in [0.2, 0.25) is 0 Å². The van der Waals surface area contributed by atoms with Gasteiger partial charge in [-0.2, -0.15) is 0 Å². The van der Waals surface area contributed by atoms with E-state index < -0.39 is 18.1 Å². The third kappa shape index (κ3) is 4.12. The second-order valence-electron chi connectivity index (χ2n) is 6.73. The third-order valence-electron chi connectivity index (χ3n) is 5.23. The number of nitrogens with zero attached hydrogens (tertiary/aromatic N) is 2. The number of cyclic esters (lactones) is 1. The number of likely N-dealkylation sites (tertiary alicyclic amines) is 1. The van der Waals surface area contributed by atoms with Gasteiger partial charge in [0.05, 0.1) is 26.9 Å². The summed E-state index contributed by atoms with van der Waals surface area (Å²) in [5, 5.41) is 0. The van der Waals surface area contributed by atoms with Gasteiger partial charge >= 0.3 is 12.1 Å². The van der Waals surface area contributed by atoms with Gasteiger partial charge in [-0.25, -0.2) is 9.59 Å². The quantitative estimate of drug-likeness (QED) is 0.607. The summed E-state index contributed by atoms with van der Waals surface area (Å²) < 4.78 is 21.0. The van der Waals surface area contributed by atoms with Crippen molar-refractivity contribution >= 4 is 33.9 Å². The van der Waals surface area contributed by atoms with Gasteiger partial charge in [-0.05, 0) is 40.9 Å². The lowest BCUT2D eigenvalue weighted by Gasteiger charge is -2.37. The van der Waals surface area contributed by atoms with Crippen LogP contribution >= 0.6 is 15.9 Å². The third-order valence-corrected chi connectivity index (χ3v) is 5.89. The predicted octanol–water partition coefficient (Wildman–Crippen LogP) is 2.06. The Hall–Kier alpha value is -2.49. The molecule has 3 rings (SSSR count). The molecule has 0 aliphatic carbocycles. The molecular formula is C19H23BrN2O7. The van der Waals surface area contributed by atoms with Crippen LogP contribution in [0.25, 0.3) is 0 Å². The fourth-order valence-corrected chi connectivity index (χ4v) is 4.18. The fraction of sp³-hybridized carbons (Fsp3) is 0.526. The number of ether oxygens (including phenoxy) is 4. The van der Waals surface area contributed by atoms with Gasteiger partial charge < -0.3 is 23.8 Å². The van der Waals surface area contributed by atoms with Gasteiger partial charge in [-0.3, -0.25) is 9.69 Å². The molecule has 1 aromatic carbocycles. The van der Waals surface area contributed by atoms with Gasteiger partial charge in [0.25, 0.3) is 5.91 Å². The molecule has 0 spiro atoms. The zero-order chi connectivity index (χ0) is 21.1. The predicted molar refractivity (Wildman–Crippen MR) is 105 cm³/mol. The van der Waals surface area contributed by atoms with Crippen molar-refractivity contribution in [3.63, 3.8) is 0 Å². The molecule has 1 atom stereocenters. The van der Waals surface area contributed by atoms with Crippen LogP contribution in [-0.4, -0.2) is 80.9 Å². The molecule has 158 valence electrons. The molecule has 2 aliphatic rings. The van der Waals surface area contributed by atoms with Crippen molar-refractivity contribution in [2.75, 3.05) is 41.0 Å². The molecule has 0 radical (unpaired) electrons. The summed E-state index contributed by atoms with van der Waals surface area (Å²) in [5.41, 5.74) is 0.467. The number of hydrogen-bond acceptors (Lipinski definition) is 7.